The summed E-state index contributed by atoms with van der Waals surface area (Å²) in [6.07, 6.45) is 5.38. The van der Waals surface area contributed by atoms with Crippen LogP contribution in [-0.2, 0) is 6.42 Å². The molecule has 1 aromatic carbocycles. The summed E-state index contributed by atoms with van der Waals surface area (Å²) < 4.78 is 0. The Morgan fingerprint density at radius 3 is 3.00 bits per heavy atom. The second-order valence-corrected chi connectivity index (χ2v) is 5.69. The quantitative estimate of drug-likeness (QED) is 0.751. The van der Waals surface area contributed by atoms with Gasteiger partial charge in [-0.15, -0.1) is 0 Å². The molecule has 0 aromatic heterocycles. The van der Waals surface area contributed by atoms with E-state index < -0.39 is 0 Å². The fraction of sp³-hybridized carbons (Fsp3) is 0.625. The molecule has 1 nitrogen and oxygen atoms in total. The average molecular weight is 229 g/mol. The van der Waals surface area contributed by atoms with Gasteiger partial charge < -0.3 is 4.90 Å². The van der Waals surface area contributed by atoms with Gasteiger partial charge in [0.1, 0.15) is 0 Å². The van der Waals surface area contributed by atoms with Gasteiger partial charge in [-0.25, -0.2) is 0 Å². The summed E-state index contributed by atoms with van der Waals surface area (Å²) >= 11 is 0. The van der Waals surface area contributed by atoms with Crippen molar-refractivity contribution < 1.29 is 0 Å². The van der Waals surface area contributed by atoms with Gasteiger partial charge in [-0.3, -0.25) is 0 Å². The van der Waals surface area contributed by atoms with Gasteiger partial charge in [-0.2, -0.15) is 0 Å². The molecule has 0 radical (unpaired) electrons. The van der Waals surface area contributed by atoms with Crippen molar-refractivity contribution in [2.45, 2.75) is 38.5 Å². The first-order chi connectivity index (χ1) is 8.38. The van der Waals surface area contributed by atoms with Crippen LogP contribution in [0.15, 0.2) is 24.3 Å². The van der Waals surface area contributed by atoms with Crippen LogP contribution in [0.2, 0.25) is 0 Å². The molecule has 1 heteroatoms. The van der Waals surface area contributed by atoms with Gasteiger partial charge in [0.2, 0.25) is 0 Å². The number of nitrogens with zero attached hydrogens (tertiary/aromatic N) is 1. The van der Waals surface area contributed by atoms with Crippen LogP contribution < -0.4 is 0 Å². The number of piperidine rings is 1. The predicted molar refractivity (Wildman–Crippen MR) is 72.3 cm³/mol. The lowest BCUT2D eigenvalue weighted by Crippen LogP contribution is -2.41. The van der Waals surface area contributed by atoms with E-state index in [4.69, 9.17) is 0 Å². The second kappa shape index (κ2) is 4.81. The Bertz CT molecular complexity index is 385. The molecule has 2 aliphatic rings. The Kier molecular flexibility index (Phi) is 3.19. The Hall–Kier alpha value is -0.820. The number of likely N-dealkylation sites (tertiary alicyclic amines) is 1. The molecule has 1 aromatic rings. The smallest absolute Gasteiger partial charge is 0.00156 e. The first-order valence-corrected chi connectivity index (χ1v) is 7.18. The number of hydrogen-bond donors (Lipinski definition) is 0. The van der Waals surface area contributed by atoms with Crippen molar-refractivity contribution in [3.05, 3.63) is 35.4 Å². The summed E-state index contributed by atoms with van der Waals surface area (Å²) in [6.45, 7) is 6.24. The molecule has 1 heterocycles. The summed E-state index contributed by atoms with van der Waals surface area (Å²) in [7, 11) is 0. The molecule has 0 saturated carbocycles. The van der Waals surface area contributed by atoms with E-state index >= 15 is 0 Å². The van der Waals surface area contributed by atoms with Crippen molar-refractivity contribution in [2.75, 3.05) is 19.6 Å². The van der Waals surface area contributed by atoms with Gasteiger partial charge >= 0.3 is 0 Å². The maximum absolute atomic E-state index is 2.68. The Balaban J connectivity index is 1.78. The molecule has 0 spiro atoms. The maximum Gasteiger partial charge on any atom is 0.00156 e. The molecule has 17 heavy (non-hydrogen) atoms. The zero-order valence-corrected chi connectivity index (χ0v) is 10.9. The number of hydrogen-bond acceptors (Lipinski definition) is 1. The third-order valence-electron chi connectivity index (χ3n) is 4.60. The molecule has 0 bridgehead atoms. The molecule has 92 valence electrons. The normalized spacial score (nSPS) is 28.5. The van der Waals surface area contributed by atoms with Crippen molar-refractivity contribution in [1.29, 1.82) is 0 Å². The van der Waals surface area contributed by atoms with E-state index in [1.165, 1.54) is 45.3 Å². The maximum atomic E-state index is 2.68. The molecule has 1 saturated heterocycles. The van der Waals surface area contributed by atoms with Crippen LogP contribution >= 0.6 is 0 Å². The third-order valence-corrected chi connectivity index (χ3v) is 4.60. The summed E-state index contributed by atoms with van der Waals surface area (Å²) in [5, 5.41) is 0. The Morgan fingerprint density at radius 2 is 2.12 bits per heavy atom. The second-order valence-electron chi connectivity index (χ2n) is 5.69. The number of rotatable bonds is 2. The zero-order valence-electron chi connectivity index (χ0n) is 10.9. The van der Waals surface area contributed by atoms with E-state index in [0.29, 0.717) is 0 Å². The highest BCUT2D eigenvalue weighted by Crippen LogP contribution is 2.41. The SMILES string of the molecule is CCCN1CC[C@H]2c3ccccc3CC[C@H]2C1. The average Bonchev–Trinajstić information content (AvgIpc) is 2.39. The lowest BCUT2D eigenvalue weighted by atomic mass is 9.71. The van der Waals surface area contributed by atoms with Gasteiger partial charge in [-0.05, 0) is 61.7 Å². The summed E-state index contributed by atoms with van der Waals surface area (Å²) in [6, 6.07) is 9.14. The van der Waals surface area contributed by atoms with Gasteiger partial charge in [0.05, 0.1) is 0 Å². The molecule has 1 aliphatic carbocycles. The summed E-state index contributed by atoms with van der Waals surface area (Å²) in [4.78, 5) is 2.68. The molecule has 1 fully saturated rings. The largest absolute Gasteiger partial charge is 0.303 e. The topological polar surface area (TPSA) is 3.24 Å². The predicted octanol–water partition coefficient (Wildman–Crippen LogP) is 3.45. The van der Waals surface area contributed by atoms with Crippen LogP contribution in [-0.4, -0.2) is 24.5 Å². The highest BCUT2D eigenvalue weighted by Gasteiger charge is 2.33. The standard InChI is InChI=1S/C16H23N/c1-2-10-17-11-9-16-14(12-17)8-7-13-5-3-4-6-15(13)16/h3-6,14,16H,2,7-12H2,1H3/t14-,16+/m0/s1. The van der Waals surface area contributed by atoms with E-state index in [-0.39, 0.29) is 0 Å². The van der Waals surface area contributed by atoms with Gasteiger partial charge in [0.15, 0.2) is 0 Å². The van der Waals surface area contributed by atoms with E-state index in [9.17, 15) is 0 Å². The highest BCUT2D eigenvalue weighted by atomic mass is 15.1. The minimum Gasteiger partial charge on any atom is -0.303 e. The van der Waals surface area contributed by atoms with Crippen LogP contribution in [0.4, 0.5) is 0 Å². The fourth-order valence-electron chi connectivity index (χ4n) is 3.79. The van der Waals surface area contributed by atoms with Crippen molar-refractivity contribution >= 4 is 0 Å². The van der Waals surface area contributed by atoms with Crippen molar-refractivity contribution in [3.63, 3.8) is 0 Å². The molecular formula is C16H23N. The molecule has 0 amide bonds. The van der Waals surface area contributed by atoms with Crippen molar-refractivity contribution in [3.8, 4) is 0 Å². The minimum absolute atomic E-state index is 0.855. The molecule has 3 rings (SSSR count). The molecular weight excluding hydrogens is 206 g/mol. The molecule has 1 aliphatic heterocycles. The fourth-order valence-corrected chi connectivity index (χ4v) is 3.79. The summed E-state index contributed by atoms with van der Waals surface area (Å²) in [5.74, 6) is 1.78. The van der Waals surface area contributed by atoms with Gasteiger partial charge in [0, 0.05) is 6.54 Å². The van der Waals surface area contributed by atoms with Crippen LogP contribution in [0.25, 0.3) is 0 Å². The molecule has 0 N–H and O–H groups in total. The van der Waals surface area contributed by atoms with Crippen LogP contribution in [0, 0.1) is 5.92 Å². The third kappa shape index (κ3) is 2.13. The Morgan fingerprint density at radius 1 is 1.24 bits per heavy atom. The molecule has 2 atom stereocenters. The van der Waals surface area contributed by atoms with E-state index in [1.54, 1.807) is 11.1 Å². The van der Waals surface area contributed by atoms with Crippen molar-refractivity contribution in [2.24, 2.45) is 5.92 Å². The first-order valence-electron chi connectivity index (χ1n) is 7.18. The first kappa shape index (κ1) is 11.3. The van der Waals surface area contributed by atoms with E-state index in [2.05, 4.69) is 36.1 Å². The van der Waals surface area contributed by atoms with E-state index in [1.807, 2.05) is 0 Å². The zero-order chi connectivity index (χ0) is 11.7. The highest BCUT2D eigenvalue weighted by molar-refractivity contribution is 5.34. The number of benzene rings is 1. The Labute approximate surface area is 105 Å². The lowest BCUT2D eigenvalue weighted by Gasteiger charge is -2.42. The monoisotopic (exact) mass is 229 g/mol. The van der Waals surface area contributed by atoms with Gasteiger partial charge in [-0.1, -0.05) is 31.2 Å². The van der Waals surface area contributed by atoms with Crippen molar-refractivity contribution in [1.82, 2.24) is 4.90 Å². The van der Waals surface area contributed by atoms with Crippen LogP contribution in [0.5, 0.6) is 0 Å². The minimum atomic E-state index is 0.855. The van der Waals surface area contributed by atoms with E-state index in [0.717, 1.165) is 11.8 Å². The summed E-state index contributed by atoms with van der Waals surface area (Å²) in [5.41, 5.74) is 3.29. The number of fused-ring (bicyclic) bond motifs is 3. The lowest BCUT2D eigenvalue weighted by molar-refractivity contribution is 0.141. The van der Waals surface area contributed by atoms with Crippen LogP contribution in [0.1, 0.15) is 43.2 Å². The molecule has 0 unspecified atom stereocenters. The van der Waals surface area contributed by atoms with Crippen LogP contribution in [0.3, 0.4) is 0 Å². The van der Waals surface area contributed by atoms with Gasteiger partial charge in [0.25, 0.3) is 0 Å². The number of aryl methyl sites for hydroxylation is 1.